The van der Waals surface area contributed by atoms with Crippen molar-refractivity contribution in [3.05, 3.63) is 48.5 Å². The Bertz CT molecular complexity index is 539. The molecule has 0 N–H and O–H groups in total. The quantitative estimate of drug-likeness (QED) is 0.547. The zero-order chi connectivity index (χ0) is 16.7. The second-order valence-corrected chi connectivity index (χ2v) is 4.11. The molecule has 0 spiro atoms. The average Bonchev–Trinajstić information content (AvgIpc) is 2.50. The lowest BCUT2D eigenvalue weighted by molar-refractivity contribution is -0.0505. The zero-order valence-corrected chi connectivity index (χ0v) is 11.6. The molecule has 0 aliphatic rings. The van der Waals surface area contributed by atoms with E-state index in [2.05, 4.69) is 9.47 Å². The maximum Gasteiger partial charge on any atom is 0.576 e. The summed E-state index contributed by atoms with van der Waals surface area (Å²) in [5, 5.41) is 0. The zero-order valence-electron chi connectivity index (χ0n) is 11.6. The number of ether oxygens (including phenoxy) is 2. The molecule has 0 unspecified atom stereocenters. The summed E-state index contributed by atoms with van der Waals surface area (Å²) in [5.41, 5.74) is 0. The molecule has 122 valence electrons. The molecule has 0 heterocycles. The van der Waals surface area contributed by atoms with Crippen molar-refractivity contribution in [2.24, 2.45) is 0 Å². The number of alkyl halides is 4. The molecule has 0 aromatic heterocycles. The minimum absolute atomic E-state index is 0.0166. The highest BCUT2D eigenvalue weighted by molar-refractivity contribution is 6.20. The summed E-state index contributed by atoms with van der Waals surface area (Å²) in [5.74, 6) is 0.819. The van der Waals surface area contributed by atoms with Gasteiger partial charge in [0.1, 0.15) is 23.0 Å². The second kappa shape index (κ2) is 8.16. The van der Waals surface area contributed by atoms with E-state index in [1.807, 2.05) is 0 Å². The van der Waals surface area contributed by atoms with Gasteiger partial charge in [-0.2, -0.15) is 17.6 Å². The van der Waals surface area contributed by atoms with Gasteiger partial charge in [-0.15, -0.1) is 0 Å². The smallest absolute Gasteiger partial charge is 0.529 e. The van der Waals surface area contributed by atoms with Crippen molar-refractivity contribution in [3.8, 4) is 23.0 Å². The predicted octanol–water partition coefficient (Wildman–Crippen LogP) is 3.61. The van der Waals surface area contributed by atoms with Crippen molar-refractivity contribution < 1.29 is 36.3 Å². The van der Waals surface area contributed by atoms with Gasteiger partial charge in [0.05, 0.1) is 0 Å². The molecule has 23 heavy (non-hydrogen) atoms. The minimum atomic E-state index is -2.89. The van der Waals surface area contributed by atoms with Crippen molar-refractivity contribution in [1.29, 1.82) is 0 Å². The van der Waals surface area contributed by atoms with Crippen LogP contribution in [0.2, 0.25) is 0 Å². The monoisotopic (exact) mass is 330 g/mol. The van der Waals surface area contributed by atoms with Crippen LogP contribution in [0, 0.1) is 0 Å². The fourth-order valence-corrected chi connectivity index (χ4v) is 1.60. The van der Waals surface area contributed by atoms with Gasteiger partial charge in [0, 0.05) is 0 Å². The number of hydrogen-bond donors (Lipinski definition) is 0. The molecule has 0 amide bonds. The third-order valence-corrected chi connectivity index (χ3v) is 2.55. The van der Waals surface area contributed by atoms with Crippen LogP contribution in [0.1, 0.15) is 0 Å². The Kier molecular flexibility index (Phi) is 5.96. The van der Waals surface area contributed by atoms with Crippen molar-refractivity contribution in [1.82, 2.24) is 0 Å². The molecule has 0 atom stereocenters. The highest BCUT2D eigenvalue weighted by atomic mass is 19.3. The Morgan fingerprint density at radius 3 is 1.17 bits per heavy atom. The molecular formula is C14H11BF4O4. The van der Waals surface area contributed by atoms with E-state index in [9.17, 15) is 17.6 Å². The molecule has 4 nitrogen and oxygen atoms in total. The summed E-state index contributed by atoms with van der Waals surface area (Å²) in [6.45, 7) is -5.77. The van der Waals surface area contributed by atoms with E-state index < -0.39 is 13.2 Å². The summed E-state index contributed by atoms with van der Waals surface area (Å²) in [6, 6.07) is 11.1. The van der Waals surface area contributed by atoms with Gasteiger partial charge >= 0.3 is 20.9 Å². The van der Waals surface area contributed by atoms with E-state index in [0.717, 1.165) is 0 Å². The van der Waals surface area contributed by atoms with E-state index in [1.54, 1.807) is 0 Å². The fraction of sp³-hybridized carbons (Fsp3) is 0.143. The SMILES string of the molecule is FC(F)Oc1ccc(OBOc2ccc(OC(F)F)cc2)cc1. The molecular weight excluding hydrogens is 319 g/mol. The first kappa shape index (κ1) is 16.8. The average molecular weight is 330 g/mol. The van der Waals surface area contributed by atoms with E-state index in [1.165, 1.54) is 48.5 Å². The van der Waals surface area contributed by atoms with E-state index >= 15 is 0 Å². The van der Waals surface area contributed by atoms with Crippen molar-refractivity contribution in [2.75, 3.05) is 0 Å². The first-order valence-electron chi connectivity index (χ1n) is 6.38. The lowest BCUT2D eigenvalue weighted by Crippen LogP contribution is -2.11. The molecule has 2 aromatic rings. The highest BCUT2D eigenvalue weighted by Crippen LogP contribution is 2.21. The second-order valence-electron chi connectivity index (χ2n) is 4.11. The fourth-order valence-electron chi connectivity index (χ4n) is 1.60. The van der Waals surface area contributed by atoms with Gasteiger partial charge in [-0.25, -0.2) is 0 Å². The lowest BCUT2D eigenvalue weighted by Gasteiger charge is -2.09. The molecule has 0 fully saturated rings. The lowest BCUT2D eigenvalue weighted by atomic mass is 10.3. The predicted molar refractivity (Wildman–Crippen MR) is 74.6 cm³/mol. The van der Waals surface area contributed by atoms with Crippen LogP contribution in [0.25, 0.3) is 0 Å². The number of halogens is 4. The highest BCUT2D eigenvalue weighted by Gasteiger charge is 2.06. The standard InChI is InChI=1S/C14H11BF4O4/c16-13(17)20-9-1-5-11(6-2-9)22-15-23-12-7-3-10(4-8-12)21-14(18)19/h1-8,13-15H. The summed E-state index contributed by atoms with van der Waals surface area (Å²) in [6.07, 6.45) is 0. The Labute approximate surface area is 129 Å². The number of hydrogen-bond acceptors (Lipinski definition) is 4. The van der Waals surface area contributed by atoms with Crippen LogP contribution in [0.4, 0.5) is 17.6 Å². The van der Waals surface area contributed by atoms with Gasteiger partial charge in [0.15, 0.2) is 0 Å². The minimum Gasteiger partial charge on any atom is -0.529 e. The van der Waals surface area contributed by atoms with Gasteiger partial charge in [-0.1, -0.05) is 0 Å². The van der Waals surface area contributed by atoms with Gasteiger partial charge < -0.3 is 18.8 Å². The van der Waals surface area contributed by atoms with Crippen molar-refractivity contribution >= 4 is 7.69 Å². The van der Waals surface area contributed by atoms with E-state index in [-0.39, 0.29) is 19.2 Å². The molecule has 0 bridgehead atoms. The summed E-state index contributed by atoms with van der Waals surface area (Å²) < 4.78 is 66.8. The molecule has 0 saturated heterocycles. The van der Waals surface area contributed by atoms with Crippen LogP contribution in [0.15, 0.2) is 48.5 Å². The molecule has 0 aliphatic carbocycles. The van der Waals surface area contributed by atoms with Crippen LogP contribution < -0.4 is 18.8 Å². The van der Waals surface area contributed by atoms with Crippen LogP contribution in [0.3, 0.4) is 0 Å². The van der Waals surface area contributed by atoms with Crippen molar-refractivity contribution in [2.45, 2.75) is 13.2 Å². The summed E-state index contributed by atoms with van der Waals surface area (Å²) >= 11 is 0. The molecule has 2 rings (SSSR count). The first-order chi connectivity index (χ1) is 11.0. The third kappa shape index (κ3) is 5.97. The molecule has 0 saturated carbocycles. The van der Waals surface area contributed by atoms with Crippen LogP contribution >= 0.6 is 0 Å². The Morgan fingerprint density at radius 1 is 0.565 bits per heavy atom. The Hall–Kier alpha value is -2.58. The molecule has 0 radical (unpaired) electrons. The number of benzene rings is 2. The Balaban J connectivity index is 1.78. The summed E-state index contributed by atoms with van der Waals surface area (Å²) in [4.78, 5) is 0. The maximum atomic E-state index is 12.0. The van der Waals surface area contributed by atoms with Crippen LogP contribution in [-0.2, 0) is 0 Å². The molecule has 9 heteroatoms. The van der Waals surface area contributed by atoms with Crippen LogP contribution in [-0.4, -0.2) is 20.9 Å². The Morgan fingerprint density at radius 2 is 0.870 bits per heavy atom. The van der Waals surface area contributed by atoms with Gasteiger partial charge in [0.2, 0.25) is 0 Å². The largest absolute Gasteiger partial charge is 0.576 e. The van der Waals surface area contributed by atoms with E-state index in [0.29, 0.717) is 11.5 Å². The molecule has 2 aromatic carbocycles. The normalized spacial score (nSPS) is 10.5. The number of rotatable bonds is 8. The van der Waals surface area contributed by atoms with Gasteiger partial charge in [0.25, 0.3) is 0 Å². The van der Waals surface area contributed by atoms with Gasteiger partial charge in [-0.3, -0.25) is 0 Å². The third-order valence-electron chi connectivity index (χ3n) is 2.55. The van der Waals surface area contributed by atoms with E-state index in [4.69, 9.17) is 9.31 Å². The van der Waals surface area contributed by atoms with Crippen molar-refractivity contribution in [3.63, 3.8) is 0 Å². The molecule has 0 aliphatic heterocycles. The summed E-state index contributed by atoms with van der Waals surface area (Å²) in [7, 11) is -0.149. The maximum absolute atomic E-state index is 12.0. The van der Waals surface area contributed by atoms with Crippen LogP contribution in [0.5, 0.6) is 23.0 Å². The topological polar surface area (TPSA) is 36.9 Å². The first-order valence-corrected chi connectivity index (χ1v) is 6.38. The van der Waals surface area contributed by atoms with Gasteiger partial charge in [-0.05, 0) is 48.5 Å².